The van der Waals surface area contributed by atoms with Gasteiger partial charge in [-0.3, -0.25) is 0 Å². The van der Waals surface area contributed by atoms with E-state index in [0.29, 0.717) is 5.56 Å². The van der Waals surface area contributed by atoms with Gasteiger partial charge in [-0.2, -0.15) is 0 Å². The normalized spacial score (nSPS) is 13.3. The van der Waals surface area contributed by atoms with E-state index in [9.17, 15) is 0 Å². The average molecular weight is 602 g/mol. The van der Waals surface area contributed by atoms with Gasteiger partial charge in [-0.25, -0.2) is 0 Å². The summed E-state index contributed by atoms with van der Waals surface area (Å²) in [6.45, 7) is 0. The molecular weight excluding hydrogens is 569 g/mol. The fraction of sp³-hybridized carbons (Fsp3) is 0. The lowest BCUT2D eigenvalue weighted by molar-refractivity contribution is 0.673. The van der Waals surface area contributed by atoms with E-state index in [-0.39, 0.29) is 29.7 Å². The number of hydrogen-bond acceptors (Lipinski definition) is 1. The molecule has 0 aliphatic rings. The molecule has 1 heterocycles. The highest BCUT2D eigenvalue weighted by molar-refractivity contribution is 6.27. The molecule has 10 rings (SSSR count). The lowest BCUT2D eigenvalue weighted by Gasteiger charge is -2.18. The molecule has 10 aromatic rings. The monoisotopic (exact) mass is 601 g/mol. The summed E-state index contributed by atoms with van der Waals surface area (Å²) in [6, 6.07) is 46.8. The minimum absolute atomic E-state index is 0.201. The molecule has 0 radical (unpaired) electrons. The van der Waals surface area contributed by atoms with Gasteiger partial charge < -0.3 is 4.42 Å². The van der Waals surface area contributed by atoms with Crippen LogP contribution in [0.2, 0.25) is 0 Å². The van der Waals surface area contributed by atoms with Crippen LogP contribution in [0.5, 0.6) is 0 Å². The van der Waals surface area contributed by atoms with Crippen LogP contribution >= 0.6 is 0 Å². The van der Waals surface area contributed by atoms with Crippen LogP contribution in [0.15, 0.2) is 174 Å². The zero-order chi connectivity index (χ0) is 35.2. The fourth-order valence-electron chi connectivity index (χ4n) is 7.44. The zero-order valence-corrected chi connectivity index (χ0v) is 25.2. The van der Waals surface area contributed by atoms with Crippen LogP contribution < -0.4 is 0 Å². The second-order valence-electron chi connectivity index (χ2n) is 12.1. The van der Waals surface area contributed by atoms with Gasteiger partial charge in [-0.05, 0) is 95.3 Å². The topological polar surface area (TPSA) is 13.1 Å². The summed E-state index contributed by atoms with van der Waals surface area (Å²) < 4.78 is 48.2. The summed E-state index contributed by atoms with van der Waals surface area (Å²) in [5.74, 6) is 0. The van der Waals surface area contributed by atoms with Crippen molar-refractivity contribution in [2.75, 3.05) is 0 Å². The molecule has 1 heteroatoms. The third-order valence-electron chi connectivity index (χ3n) is 9.51. The molecule has 0 unspecified atom stereocenters. The Balaban J connectivity index is 1.24. The average Bonchev–Trinajstić information content (AvgIpc) is 3.58. The van der Waals surface area contributed by atoms with Crippen molar-refractivity contribution >= 4 is 65.0 Å². The second kappa shape index (κ2) is 10.2. The van der Waals surface area contributed by atoms with E-state index in [1.165, 1.54) is 0 Å². The molecule has 9 aromatic carbocycles. The first-order valence-corrected chi connectivity index (χ1v) is 15.8. The van der Waals surface area contributed by atoms with Crippen LogP contribution in [0.4, 0.5) is 0 Å². The molecule has 0 amide bonds. The highest BCUT2D eigenvalue weighted by atomic mass is 16.3. The molecule has 1 nitrogen and oxygen atoms in total. The Labute approximate surface area is 279 Å². The first-order chi connectivity index (χ1) is 25.4. The minimum atomic E-state index is -0.394. The Morgan fingerprint density at radius 1 is 0.404 bits per heavy atom. The largest absolute Gasteiger partial charge is 0.455 e. The molecule has 0 aliphatic heterocycles. The van der Waals surface area contributed by atoms with Crippen molar-refractivity contribution in [2.24, 2.45) is 0 Å². The van der Waals surface area contributed by atoms with Crippen LogP contribution in [0.3, 0.4) is 0 Å². The van der Waals surface area contributed by atoms with Crippen molar-refractivity contribution in [2.45, 2.75) is 0 Å². The maximum atomic E-state index is 8.57. The SMILES string of the molecule is [2H]c1c([2H])c([2H])c(-c2ccc3ccc(-c4c5ccccc5c(-c5cccc6oc7c8ccccc8ccc7c56)c5ccccc45)cc3c2)c([2H])c1[2H]. The van der Waals surface area contributed by atoms with Crippen molar-refractivity contribution in [3.05, 3.63) is 170 Å². The van der Waals surface area contributed by atoms with Crippen molar-refractivity contribution in [3.8, 4) is 33.4 Å². The first-order valence-electron chi connectivity index (χ1n) is 18.3. The zero-order valence-electron chi connectivity index (χ0n) is 30.2. The Bertz CT molecular complexity index is 3050. The van der Waals surface area contributed by atoms with Crippen LogP contribution in [0.1, 0.15) is 6.85 Å². The molecule has 0 atom stereocenters. The van der Waals surface area contributed by atoms with E-state index in [0.717, 1.165) is 87.3 Å². The second-order valence-corrected chi connectivity index (χ2v) is 12.1. The van der Waals surface area contributed by atoms with Crippen molar-refractivity contribution in [1.29, 1.82) is 0 Å². The van der Waals surface area contributed by atoms with Gasteiger partial charge in [0.05, 0.1) is 6.85 Å². The predicted octanol–water partition coefficient (Wildman–Crippen LogP) is 13.2. The van der Waals surface area contributed by atoms with Gasteiger partial charge in [-0.15, -0.1) is 0 Å². The third kappa shape index (κ3) is 3.97. The van der Waals surface area contributed by atoms with Gasteiger partial charge in [0.25, 0.3) is 0 Å². The number of hydrogen-bond donors (Lipinski definition) is 0. The summed E-state index contributed by atoms with van der Waals surface area (Å²) in [5, 5.41) is 10.8. The van der Waals surface area contributed by atoms with E-state index < -0.39 is 6.04 Å². The molecular formula is C46H28O. The summed E-state index contributed by atoms with van der Waals surface area (Å²) in [4.78, 5) is 0. The molecule has 1 aromatic heterocycles. The predicted molar refractivity (Wildman–Crippen MR) is 200 cm³/mol. The highest BCUT2D eigenvalue weighted by Crippen LogP contribution is 2.47. The summed E-state index contributed by atoms with van der Waals surface area (Å²) in [5.41, 5.74) is 6.94. The van der Waals surface area contributed by atoms with Gasteiger partial charge in [0, 0.05) is 16.2 Å². The van der Waals surface area contributed by atoms with E-state index in [1.54, 1.807) is 0 Å². The third-order valence-corrected chi connectivity index (χ3v) is 9.51. The van der Waals surface area contributed by atoms with E-state index in [4.69, 9.17) is 11.3 Å². The summed E-state index contributed by atoms with van der Waals surface area (Å²) in [6.07, 6.45) is 0. The quantitative estimate of drug-likeness (QED) is 0.184. The van der Waals surface area contributed by atoms with Gasteiger partial charge in [0.15, 0.2) is 0 Å². The molecule has 0 N–H and O–H groups in total. The van der Waals surface area contributed by atoms with Crippen molar-refractivity contribution in [3.63, 3.8) is 0 Å². The smallest absolute Gasteiger partial charge is 0.143 e. The molecule has 218 valence electrons. The summed E-state index contributed by atoms with van der Waals surface area (Å²) >= 11 is 0. The van der Waals surface area contributed by atoms with Crippen molar-refractivity contribution in [1.82, 2.24) is 0 Å². The van der Waals surface area contributed by atoms with Crippen molar-refractivity contribution < 1.29 is 11.3 Å². The lowest BCUT2D eigenvalue weighted by atomic mass is 9.84. The molecule has 0 bridgehead atoms. The minimum Gasteiger partial charge on any atom is -0.455 e. The number of fused-ring (bicyclic) bond motifs is 8. The van der Waals surface area contributed by atoms with E-state index in [2.05, 4.69) is 121 Å². The number of furan rings is 1. The standard InChI is InChI=1S/C46H28O/c1-2-11-29(12-3-1)32-23-21-30-22-24-33(28-34(30)27-32)43-36-15-6-8-17-38(36)44(39-18-9-7-16-37(39)43)40-19-10-20-42-45(40)41-26-25-31-13-4-5-14-35(31)46(41)47-42/h1-28H/i1D,2D,3D,11D,12D. The van der Waals surface area contributed by atoms with Crippen LogP contribution in [-0.4, -0.2) is 0 Å². The van der Waals surface area contributed by atoms with Gasteiger partial charge in [-0.1, -0.05) is 145 Å². The maximum Gasteiger partial charge on any atom is 0.143 e. The van der Waals surface area contributed by atoms with Gasteiger partial charge >= 0.3 is 0 Å². The van der Waals surface area contributed by atoms with Gasteiger partial charge in [0.1, 0.15) is 11.2 Å². The fourth-order valence-corrected chi connectivity index (χ4v) is 7.44. The maximum absolute atomic E-state index is 8.57. The van der Waals surface area contributed by atoms with Crippen LogP contribution in [0.25, 0.3) is 98.4 Å². The Morgan fingerprint density at radius 3 is 1.77 bits per heavy atom. The summed E-state index contributed by atoms with van der Waals surface area (Å²) in [7, 11) is 0. The molecule has 47 heavy (non-hydrogen) atoms. The lowest BCUT2D eigenvalue weighted by Crippen LogP contribution is -1.91. The van der Waals surface area contributed by atoms with Gasteiger partial charge in [0.2, 0.25) is 0 Å². The molecule has 0 fully saturated rings. The molecule has 0 saturated carbocycles. The molecule has 0 spiro atoms. The molecule has 0 saturated heterocycles. The molecule has 0 aliphatic carbocycles. The number of rotatable bonds is 3. The van der Waals surface area contributed by atoms with Crippen LogP contribution in [-0.2, 0) is 0 Å². The Hall–Kier alpha value is -6.18. The first kappa shape index (κ1) is 21.5. The van der Waals surface area contributed by atoms with E-state index >= 15 is 0 Å². The highest BCUT2D eigenvalue weighted by Gasteiger charge is 2.21. The number of benzene rings is 9. The van der Waals surface area contributed by atoms with Crippen LogP contribution in [0, 0.1) is 0 Å². The Kier molecular flexibility index (Phi) is 4.66. The van der Waals surface area contributed by atoms with E-state index in [1.807, 2.05) is 18.2 Å². The Morgan fingerprint density at radius 2 is 1.02 bits per heavy atom.